The minimum Gasteiger partial charge on any atom is -0.369 e. The van der Waals surface area contributed by atoms with Crippen LogP contribution in [0.25, 0.3) is 22.5 Å². The highest BCUT2D eigenvalue weighted by Crippen LogP contribution is 2.36. The molecule has 34 heavy (non-hydrogen) atoms. The number of pyridine rings is 2. The molecule has 2 aromatic rings. The second-order valence-corrected chi connectivity index (χ2v) is 8.11. The topological polar surface area (TPSA) is 88.0 Å². The number of aromatic amines is 1. The first kappa shape index (κ1) is 21.9. The van der Waals surface area contributed by atoms with Gasteiger partial charge < -0.3 is 14.9 Å². The van der Waals surface area contributed by atoms with Crippen LogP contribution in [0.2, 0.25) is 0 Å². The maximum atomic E-state index is 14.8. The van der Waals surface area contributed by atoms with E-state index in [4.69, 9.17) is 0 Å². The second-order valence-electron chi connectivity index (χ2n) is 8.11. The van der Waals surface area contributed by atoms with Crippen LogP contribution in [0.15, 0.2) is 52.4 Å². The van der Waals surface area contributed by atoms with Gasteiger partial charge in [-0.2, -0.15) is 0 Å². The molecule has 0 saturated heterocycles. The standard InChI is InChI=1S/C24H21F3N6O/c1-12(15-4-3-5-16(20(15)25)21(26)27)30-22-18-10-17(14-6-7-19(34)29-11-14)23-28-8-9-33(23)24(18)32-13(2)31-22/h3-7,10-12,21,28H,8-9H2,1-2H3,(H,29,34). The highest BCUT2D eigenvalue weighted by Gasteiger charge is 2.25. The van der Waals surface area contributed by atoms with Crippen molar-refractivity contribution in [2.24, 2.45) is 4.99 Å². The van der Waals surface area contributed by atoms with Crippen molar-refractivity contribution in [3.63, 3.8) is 0 Å². The number of nitrogens with zero attached hydrogens (tertiary/aromatic N) is 4. The van der Waals surface area contributed by atoms with Crippen LogP contribution in [-0.2, 0) is 6.54 Å². The van der Waals surface area contributed by atoms with Crippen molar-refractivity contribution in [2.45, 2.75) is 32.9 Å². The number of alkyl halides is 2. The van der Waals surface area contributed by atoms with Gasteiger partial charge in [-0.05, 0) is 26.0 Å². The summed E-state index contributed by atoms with van der Waals surface area (Å²) in [5, 5.41) is 3.36. The molecule has 1 aromatic heterocycles. The maximum absolute atomic E-state index is 14.8. The summed E-state index contributed by atoms with van der Waals surface area (Å²) < 4.78 is 43.2. The lowest BCUT2D eigenvalue weighted by atomic mass is 10.0. The lowest BCUT2D eigenvalue weighted by molar-refractivity contribution is 0.146. The lowest BCUT2D eigenvalue weighted by Crippen LogP contribution is -2.21. The number of aromatic nitrogens is 4. The number of halogens is 3. The first-order chi connectivity index (χ1) is 16.3. The molecule has 0 bridgehead atoms. The maximum Gasteiger partial charge on any atom is 0.266 e. The molecular formula is C24H21F3N6O. The fourth-order valence-electron chi connectivity index (χ4n) is 4.25. The van der Waals surface area contributed by atoms with Gasteiger partial charge in [0.15, 0.2) is 5.49 Å². The van der Waals surface area contributed by atoms with Gasteiger partial charge in [0.25, 0.3) is 6.43 Å². The smallest absolute Gasteiger partial charge is 0.266 e. The van der Waals surface area contributed by atoms with E-state index in [1.54, 1.807) is 26.1 Å². The van der Waals surface area contributed by atoms with Gasteiger partial charge in [0, 0.05) is 42.0 Å². The van der Waals surface area contributed by atoms with Crippen molar-refractivity contribution in [2.75, 3.05) is 11.9 Å². The Morgan fingerprint density at radius 1 is 1.12 bits per heavy atom. The predicted molar refractivity (Wildman–Crippen MR) is 121 cm³/mol. The quantitative estimate of drug-likeness (QED) is 0.472. The Labute approximate surface area is 192 Å². The van der Waals surface area contributed by atoms with E-state index in [1.807, 2.05) is 10.6 Å². The van der Waals surface area contributed by atoms with Crippen LogP contribution in [0.5, 0.6) is 0 Å². The molecule has 0 saturated carbocycles. The molecule has 0 fully saturated rings. The molecule has 0 amide bonds. The van der Waals surface area contributed by atoms with E-state index in [-0.39, 0.29) is 11.1 Å². The number of fused-ring (bicyclic) bond motifs is 3. The van der Waals surface area contributed by atoms with Crippen molar-refractivity contribution in [3.8, 4) is 22.5 Å². The largest absolute Gasteiger partial charge is 0.369 e. The summed E-state index contributed by atoms with van der Waals surface area (Å²) in [6.45, 7) is 4.75. The van der Waals surface area contributed by atoms with Crippen LogP contribution in [-0.4, -0.2) is 26.1 Å². The van der Waals surface area contributed by atoms with Crippen LogP contribution in [0, 0.1) is 12.7 Å². The molecule has 1 atom stereocenters. The van der Waals surface area contributed by atoms with Crippen LogP contribution >= 0.6 is 0 Å². The average molecular weight is 466 g/mol. The first-order valence-electron chi connectivity index (χ1n) is 10.8. The summed E-state index contributed by atoms with van der Waals surface area (Å²) in [5.41, 5.74) is 1.79. The Morgan fingerprint density at radius 2 is 1.91 bits per heavy atom. The summed E-state index contributed by atoms with van der Waals surface area (Å²) in [4.78, 5) is 28.0. The molecular weight excluding hydrogens is 445 g/mol. The number of benzene rings is 1. The zero-order chi connectivity index (χ0) is 24.0. The summed E-state index contributed by atoms with van der Waals surface area (Å²) in [6.07, 6.45) is -1.29. The molecule has 3 aliphatic heterocycles. The van der Waals surface area contributed by atoms with Gasteiger partial charge in [0.05, 0.1) is 17.2 Å². The number of hydrogen-bond acceptors (Lipinski definition) is 5. The fraction of sp³-hybridized carbons (Fsp3) is 0.250. The predicted octanol–water partition coefficient (Wildman–Crippen LogP) is 4.21. The summed E-state index contributed by atoms with van der Waals surface area (Å²) in [7, 11) is 0. The van der Waals surface area contributed by atoms with Gasteiger partial charge in [-0.15, -0.1) is 0 Å². The normalized spacial score (nSPS) is 14.5. The van der Waals surface area contributed by atoms with Gasteiger partial charge in [-0.3, -0.25) is 9.79 Å². The van der Waals surface area contributed by atoms with Gasteiger partial charge in [0.1, 0.15) is 23.3 Å². The van der Waals surface area contributed by atoms with E-state index in [9.17, 15) is 18.0 Å². The van der Waals surface area contributed by atoms with E-state index in [2.05, 4.69) is 25.3 Å². The van der Waals surface area contributed by atoms with Crippen molar-refractivity contribution >= 4 is 5.82 Å². The van der Waals surface area contributed by atoms with Crippen molar-refractivity contribution < 1.29 is 13.2 Å². The average Bonchev–Trinajstić information content (AvgIpc) is 3.29. The van der Waals surface area contributed by atoms with Crippen LogP contribution in [0.3, 0.4) is 0 Å². The van der Waals surface area contributed by atoms with Gasteiger partial charge in [0.2, 0.25) is 5.56 Å². The Hall–Kier alpha value is -3.95. The fourth-order valence-corrected chi connectivity index (χ4v) is 4.25. The van der Waals surface area contributed by atoms with Crippen molar-refractivity contribution in [3.05, 3.63) is 81.2 Å². The van der Waals surface area contributed by atoms with Gasteiger partial charge >= 0.3 is 0 Å². The summed E-state index contributed by atoms with van der Waals surface area (Å²) >= 11 is 0. The highest BCUT2D eigenvalue weighted by molar-refractivity contribution is 5.81. The number of H-pyrrole nitrogens is 1. The van der Waals surface area contributed by atoms with Crippen LogP contribution < -0.4 is 16.4 Å². The minimum atomic E-state index is -2.92. The molecule has 7 nitrogen and oxygen atoms in total. The monoisotopic (exact) mass is 466 g/mol. The summed E-state index contributed by atoms with van der Waals surface area (Å²) in [5.74, 6) is 1.04. The van der Waals surface area contributed by atoms with E-state index < -0.39 is 23.8 Å². The number of nitrogens with one attached hydrogen (secondary N) is 2. The van der Waals surface area contributed by atoms with E-state index >= 15 is 0 Å². The lowest BCUT2D eigenvalue weighted by Gasteiger charge is -2.18. The van der Waals surface area contributed by atoms with Crippen molar-refractivity contribution in [1.82, 2.24) is 19.5 Å². The molecule has 1 unspecified atom stereocenters. The highest BCUT2D eigenvalue weighted by atomic mass is 19.3. The number of rotatable bonds is 4. The van der Waals surface area contributed by atoms with Gasteiger partial charge in [-0.25, -0.2) is 23.1 Å². The SMILES string of the molecule is Cc1nc2n3c(c(-c4ccc(=O)[nH]c4)cc-2c(=NC(C)c2cccc(C(F)F)c2F)n1)NCC3. The third-order valence-electron chi connectivity index (χ3n) is 5.87. The van der Waals surface area contributed by atoms with E-state index in [1.165, 1.54) is 18.2 Å². The Balaban J connectivity index is 1.73. The minimum absolute atomic E-state index is 0.0681. The number of aryl methyl sites for hydroxylation is 1. The molecule has 0 spiro atoms. The number of hydrogen-bond donors (Lipinski definition) is 2. The molecule has 0 aliphatic carbocycles. The third-order valence-corrected chi connectivity index (χ3v) is 5.87. The Kier molecular flexibility index (Phi) is 5.43. The van der Waals surface area contributed by atoms with E-state index in [0.717, 1.165) is 23.0 Å². The number of anilines is 1. The Bertz CT molecular complexity index is 1470. The molecule has 3 aliphatic rings. The molecule has 174 valence electrons. The molecule has 10 heteroatoms. The molecule has 1 aromatic carbocycles. The summed E-state index contributed by atoms with van der Waals surface area (Å²) in [6, 6.07) is 8.22. The second kappa shape index (κ2) is 8.44. The zero-order valence-electron chi connectivity index (χ0n) is 18.4. The molecule has 2 N–H and O–H groups in total. The van der Waals surface area contributed by atoms with Crippen LogP contribution in [0.4, 0.5) is 19.0 Å². The zero-order valence-corrected chi connectivity index (χ0v) is 18.4. The first-order valence-corrected chi connectivity index (χ1v) is 10.8. The molecule has 5 rings (SSSR count). The van der Waals surface area contributed by atoms with Gasteiger partial charge in [-0.1, -0.05) is 18.2 Å². The molecule has 0 radical (unpaired) electrons. The van der Waals surface area contributed by atoms with E-state index in [0.29, 0.717) is 35.8 Å². The molecule has 4 heterocycles. The van der Waals surface area contributed by atoms with Crippen molar-refractivity contribution in [1.29, 1.82) is 0 Å². The Morgan fingerprint density at radius 3 is 2.65 bits per heavy atom. The third kappa shape index (κ3) is 3.74. The van der Waals surface area contributed by atoms with Crippen LogP contribution in [0.1, 0.15) is 36.3 Å².